The van der Waals surface area contributed by atoms with E-state index in [-0.39, 0.29) is 5.82 Å². The minimum Gasteiger partial charge on any atom is -0.465 e. The maximum absolute atomic E-state index is 14.0. The molecule has 0 bridgehead atoms. The Morgan fingerprint density at radius 3 is 2.90 bits per heavy atom. The van der Waals surface area contributed by atoms with Crippen molar-refractivity contribution in [3.8, 4) is 0 Å². The average Bonchev–Trinajstić information content (AvgIpc) is 2.53. The van der Waals surface area contributed by atoms with Crippen LogP contribution in [0.2, 0.25) is 0 Å². The number of anilines is 1. The number of hydrogen-bond acceptors (Lipinski definition) is 5. The Labute approximate surface area is 122 Å². The number of aryl methyl sites for hydroxylation is 1. The van der Waals surface area contributed by atoms with Crippen LogP contribution in [0.3, 0.4) is 0 Å². The van der Waals surface area contributed by atoms with Gasteiger partial charge in [-0.1, -0.05) is 19.1 Å². The minimum absolute atomic E-state index is 0.158. The molecule has 1 heterocycles. The molecule has 1 N–H and O–H groups in total. The van der Waals surface area contributed by atoms with Gasteiger partial charge in [-0.05, 0) is 24.1 Å². The van der Waals surface area contributed by atoms with Crippen molar-refractivity contribution in [2.75, 3.05) is 12.4 Å². The van der Waals surface area contributed by atoms with E-state index >= 15 is 0 Å². The number of nitrogens with one attached hydrogen (secondary N) is 1. The van der Waals surface area contributed by atoms with Gasteiger partial charge in [-0.3, -0.25) is 0 Å². The summed E-state index contributed by atoms with van der Waals surface area (Å²) in [5.41, 5.74) is 1.65. The van der Waals surface area contributed by atoms with E-state index in [1.165, 1.54) is 13.4 Å². The minimum atomic E-state index is -0.441. The van der Waals surface area contributed by atoms with Gasteiger partial charge >= 0.3 is 5.97 Å². The van der Waals surface area contributed by atoms with Gasteiger partial charge in [-0.15, -0.1) is 0 Å². The third-order valence-corrected chi connectivity index (χ3v) is 3.00. The second-order valence-corrected chi connectivity index (χ2v) is 4.38. The van der Waals surface area contributed by atoms with Crippen LogP contribution in [-0.4, -0.2) is 23.0 Å². The summed E-state index contributed by atoms with van der Waals surface area (Å²) in [5.74, 6) is -0.687. The molecule has 110 valence electrons. The molecular formula is C15H16FN3O2. The maximum Gasteiger partial charge on any atom is 0.337 e. The van der Waals surface area contributed by atoms with Crippen molar-refractivity contribution in [2.24, 2.45) is 0 Å². The van der Waals surface area contributed by atoms with Gasteiger partial charge in [0.05, 0.1) is 18.4 Å². The lowest BCUT2D eigenvalue weighted by atomic mass is 10.1. The van der Waals surface area contributed by atoms with Crippen molar-refractivity contribution in [2.45, 2.75) is 19.9 Å². The highest BCUT2D eigenvalue weighted by Gasteiger charge is 2.10. The Kier molecular flexibility index (Phi) is 4.81. The lowest BCUT2D eigenvalue weighted by Gasteiger charge is -2.09. The van der Waals surface area contributed by atoms with Crippen molar-refractivity contribution in [3.05, 3.63) is 53.2 Å². The van der Waals surface area contributed by atoms with Gasteiger partial charge in [0, 0.05) is 6.54 Å². The topological polar surface area (TPSA) is 64.1 Å². The second-order valence-electron chi connectivity index (χ2n) is 4.38. The van der Waals surface area contributed by atoms with E-state index in [0.29, 0.717) is 24.2 Å². The van der Waals surface area contributed by atoms with Crippen molar-refractivity contribution >= 4 is 11.8 Å². The summed E-state index contributed by atoms with van der Waals surface area (Å²) in [6.07, 6.45) is 1.83. The summed E-state index contributed by atoms with van der Waals surface area (Å²) in [6.45, 7) is 2.18. The summed E-state index contributed by atoms with van der Waals surface area (Å²) >= 11 is 0. The Morgan fingerprint density at radius 1 is 1.38 bits per heavy atom. The van der Waals surface area contributed by atoms with Gasteiger partial charge in [0.15, 0.2) is 11.6 Å². The molecule has 0 saturated heterocycles. The Bertz CT molecular complexity index is 647. The van der Waals surface area contributed by atoms with E-state index in [4.69, 9.17) is 0 Å². The molecule has 21 heavy (non-hydrogen) atoms. The number of rotatable bonds is 5. The molecular weight excluding hydrogens is 273 g/mol. The standard InChI is InChI=1S/C15H16FN3O2/c1-3-12-13(16)14(19-9-18-12)17-8-10-5-4-6-11(7-10)15(20)21-2/h4-7,9H,3,8H2,1-2H3,(H,17,18,19). The van der Waals surface area contributed by atoms with Gasteiger partial charge in [0.1, 0.15) is 6.33 Å². The first-order chi connectivity index (χ1) is 10.2. The van der Waals surface area contributed by atoms with Crippen LogP contribution in [0.5, 0.6) is 0 Å². The van der Waals surface area contributed by atoms with Gasteiger partial charge in [0.2, 0.25) is 0 Å². The number of esters is 1. The van der Waals surface area contributed by atoms with Gasteiger partial charge in [0.25, 0.3) is 0 Å². The number of ether oxygens (including phenoxy) is 1. The zero-order valence-corrected chi connectivity index (χ0v) is 11.9. The monoisotopic (exact) mass is 289 g/mol. The molecule has 1 aromatic carbocycles. The van der Waals surface area contributed by atoms with E-state index in [0.717, 1.165) is 5.56 Å². The number of methoxy groups -OCH3 is 1. The van der Waals surface area contributed by atoms with E-state index in [2.05, 4.69) is 20.0 Å². The number of hydrogen-bond donors (Lipinski definition) is 1. The molecule has 0 amide bonds. The Morgan fingerprint density at radius 2 is 2.19 bits per heavy atom. The summed E-state index contributed by atoms with van der Waals surface area (Å²) in [7, 11) is 1.33. The molecule has 0 aliphatic carbocycles. The van der Waals surface area contributed by atoms with Gasteiger partial charge in [-0.25, -0.2) is 19.2 Å². The molecule has 0 radical (unpaired) electrons. The summed E-state index contributed by atoms with van der Waals surface area (Å²) in [4.78, 5) is 19.2. The van der Waals surface area contributed by atoms with Crippen LogP contribution in [0.1, 0.15) is 28.5 Å². The number of carbonyl (C=O) groups excluding carboxylic acids is 1. The number of nitrogens with zero attached hydrogens (tertiary/aromatic N) is 2. The second kappa shape index (κ2) is 6.78. The molecule has 6 heteroatoms. The molecule has 0 fully saturated rings. The van der Waals surface area contributed by atoms with Crippen molar-refractivity contribution in [1.82, 2.24) is 9.97 Å². The molecule has 2 rings (SSSR count). The highest BCUT2D eigenvalue weighted by Crippen LogP contribution is 2.15. The fourth-order valence-corrected chi connectivity index (χ4v) is 1.89. The van der Waals surface area contributed by atoms with E-state index in [1.54, 1.807) is 18.2 Å². The molecule has 0 unspecified atom stereocenters. The van der Waals surface area contributed by atoms with E-state index < -0.39 is 11.8 Å². The van der Waals surface area contributed by atoms with Crippen molar-refractivity contribution in [3.63, 3.8) is 0 Å². The first kappa shape index (κ1) is 14.9. The zero-order chi connectivity index (χ0) is 15.2. The lowest BCUT2D eigenvalue weighted by molar-refractivity contribution is 0.0600. The summed E-state index contributed by atoms with van der Waals surface area (Å²) < 4.78 is 18.6. The third kappa shape index (κ3) is 3.53. The first-order valence-corrected chi connectivity index (χ1v) is 6.56. The summed E-state index contributed by atoms with van der Waals surface area (Å²) in [6, 6.07) is 6.94. The van der Waals surface area contributed by atoms with Crippen LogP contribution in [-0.2, 0) is 17.7 Å². The molecule has 2 aromatic rings. The molecule has 0 aliphatic rings. The van der Waals surface area contributed by atoms with Crippen LogP contribution in [0, 0.1) is 5.82 Å². The molecule has 0 saturated carbocycles. The number of aromatic nitrogens is 2. The maximum atomic E-state index is 14.0. The third-order valence-electron chi connectivity index (χ3n) is 3.00. The normalized spacial score (nSPS) is 10.2. The number of halogens is 1. The fourth-order valence-electron chi connectivity index (χ4n) is 1.89. The zero-order valence-electron chi connectivity index (χ0n) is 11.9. The molecule has 0 atom stereocenters. The molecule has 5 nitrogen and oxygen atoms in total. The van der Waals surface area contributed by atoms with Crippen LogP contribution < -0.4 is 5.32 Å². The van der Waals surface area contributed by atoms with Gasteiger partial charge < -0.3 is 10.1 Å². The highest BCUT2D eigenvalue weighted by atomic mass is 19.1. The van der Waals surface area contributed by atoms with Crippen LogP contribution >= 0.6 is 0 Å². The SMILES string of the molecule is CCc1ncnc(NCc2cccc(C(=O)OC)c2)c1F. The predicted octanol–water partition coefficient (Wildman–Crippen LogP) is 2.58. The molecule has 0 spiro atoms. The van der Waals surface area contributed by atoms with Gasteiger partial charge in [-0.2, -0.15) is 0 Å². The largest absolute Gasteiger partial charge is 0.465 e. The lowest BCUT2D eigenvalue weighted by Crippen LogP contribution is -2.08. The van der Waals surface area contributed by atoms with Crippen LogP contribution in [0.15, 0.2) is 30.6 Å². The predicted molar refractivity (Wildman–Crippen MR) is 76.5 cm³/mol. The molecule has 1 aromatic heterocycles. The fraction of sp³-hybridized carbons (Fsp3) is 0.267. The average molecular weight is 289 g/mol. The van der Waals surface area contributed by atoms with E-state index in [1.807, 2.05) is 13.0 Å². The first-order valence-electron chi connectivity index (χ1n) is 6.56. The smallest absolute Gasteiger partial charge is 0.337 e. The number of benzene rings is 1. The Balaban J connectivity index is 2.12. The molecule has 0 aliphatic heterocycles. The number of carbonyl (C=O) groups is 1. The van der Waals surface area contributed by atoms with Crippen molar-refractivity contribution < 1.29 is 13.9 Å². The summed E-state index contributed by atoms with van der Waals surface area (Å²) in [5, 5.41) is 2.91. The quantitative estimate of drug-likeness (QED) is 0.857. The van der Waals surface area contributed by atoms with Crippen molar-refractivity contribution in [1.29, 1.82) is 0 Å². The Hall–Kier alpha value is -2.50. The highest BCUT2D eigenvalue weighted by molar-refractivity contribution is 5.89. The van der Waals surface area contributed by atoms with Crippen LogP contribution in [0.4, 0.5) is 10.2 Å². The van der Waals surface area contributed by atoms with Crippen LogP contribution in [0.25, 0.3) is 0 Å². The van der Waals surface area contributed by atoms with E-state index in [9.17, 15) is 9.18 Å².